The van der Waals surface area contributed by atoms with Gasteiger partial charge in [-0.1, -0.05) is 12.1 Å². The molecule has 0 amide bonds. The Morgan fingerprint density at radius 2 is 1.94 bits per heavy atom. The first-order valence-corrected chi connectivity index (χ1v) is 4.98. The molecule has 4 N–H and O–H groups in total. The first-order valence-electron chi connectivity index (χ1n) is 4.98. The number of allylic oxidation sites excluding steroid dienone is 1. The Kier molecular flexibility index (Phi) is 2.71. The molecule has 1 aromatic carbocycles. The Hall–Kier alpha value is -1.75. The van der Waals surface area contributed by atoms with Gasteiger partial charge in [0, 0.05) is 5.70 Å². The van der Waals surface area contributed by atoms with Crippen molar-refractivity contribution in [2.75, 3.05) is 0 Å². The molecule has 2 nitrogen and oxygen atoms in total. The van der Waals surface area contributed by atoms with E-state index in [9.17, 15) is 13.2 Å². The molecule has 0 aliphatic heterocycles. The zero-order valence-corrected chi connectivity index (χ0v) is 8.83. The first-order chi connectivity index (χ1) is 7.94. The van der Waals surface area contributed by atoms with Gasteiger partial charge >= 0.3 is 0 Å². The van der Waals surface area contributed by atoms with Crippen molar-refractivity contribution in [1.29, 1.82) is 0 Å². The molecule has 90 valence electrons. The van der Waals surface area contributed by atoms with E-state index >= 15 is 0 Å². The molecular formula is C12H11F3N2. The van der Waals surface area contributed by atoms with Crippen LogP contribution >= 0.6 is 0 Å². The van der Waals surface area contributed by atoms with Crippen molar-refractivity contribution in [2.45, 2.75) is 11.7 Å². The van der Waals surface area contributed by atoms with Crippen LogP contribution in [0.5, 0.6) is 0 Å². The minimum Gasteiger partial charge on any atom is -0.399 e. The van der Waals surface area contributed by atoms with Crippen molar-refractivity contribution in [3.05, 3.63) is 59.3 Å². The van der Waals surface area contributed by atoms with E-state index in [-0.39, 0.29) is 11.3 Å². The molecule has 2 rings (SSSR count). The lowest BCUT2D eigenvalue weighted by Crippen LogP contribution is -2.47. The summed E-state index contributed by atoms with van der Waals surface area (Å²) in [6, 6.07) is 4.91. The number of halogens is 3. The fourth-order valence-electron chi connectivity index (χ4n) is 1.79. The highest BCUT2D eigenvalue weighted by Gasteiger charge is 2.43. The Morgan fingerprint density at radius 3 is 2.53 bits per heavy atom. The van der Waals surface area contributed by atoms with Gasteiger partial charge in [0.25, 0.3) is 0 Å². The lowest BCUT2D eigenvalue weighted by Gasteiger charge is -2.33. The third-order valence-electron chi connectivity index (χ3n) is 2.76. The van der Waals surface area contributed by atoms with E-state index in [2.05, 4.69) is 0 Å². The summed E-state index contributed by atoms with van der Waals surface area (Å²) in [5.74, 6) is -1.52. The zero-order valence-electron chi connectivity index (χ0n) is 8.83. The monoisotopic (exact) mass is 240 g/mol. The van der Waals surface area contributed by atoms with Crippen molar-refractivity contribution in [3.8, 4) is 0 Å². The molecule has 1 aromatic rings. The number of benzene rings is 1. The molecule has 0 saturated heterocycles. The third-order valence-corrected chi connectivity index (χ3v) is 2.76. The Morgan fingerprint density at radius 1 is 1.24 bits per heavy atom. The summed E-state index contributed by atoms with van der Waals surface area (Å²) < 4.78 is 40.7. The number of hydrogen-bond donors (Lipinski definition) is 2. The fraction of sp³-hybridized carbons (Fsp3) is 0.167. The summed E-state index contributed by atoms with van der Waals surface area (Å²) in [7, 11) is 0. The highest BCUT2D eigenvalue weighted by atomic mass is 19.1. The van der Waals surface area contributed by atoms with Gasteiger partial charge in [-0.25, -0.2) is 13.2 Å². The highest BCUT2D eigenvalue weighted by Crippen LogP contribution is 2.37. The Balaban J connectivity index is 2.53. The standard InChI is InChI=1S/C12H11F3N2/c13-8-3-1-2-7(4-8)12(17)10(14)5-9(16)6-11(12)15/h1-6,10H,16-17H2. The van der Waals surface area contributed by atoms with Gasteiger partial charge in [0.2, 0.25) is 0 Å². The van der Waals surface area contributed by atoms with Crippen molar-refractivity contribution in [1.82, 2.24) is 0 Å². The predicted molar refractivity (Wildman–Crippen MR) is 58.6 cm³/mol. The minimum atomic E-state index is -2.01. The first kappa shape index (κ1) is 11.7. The van der Waals surface area contributed by atoms with E-state index < -0.39 is 23.4 Å². The molecule has 0 heterocycles. The van der Waals surface area contributed by atoms with Gasteiger partial charge in [-0.15, -0.1) is 0 Å². The van der Waals surface area contributed by atoms with Gasteiger partial charge in [-0.3, -0.25) is 0 Å². The van der Waals surface area contributed by atoms with Crippen LogP contribution in [-0.2, 0) is 5.54 Å². The fourth-order valence-corrected chi connectivity index (χ4v) is 1.79. The van der Waals surface area contributed by atoms with Gasteiger partial charge in [0.15, 0.2) is 0 Å². The van der Waals surface area contributed by atoms with E-state index in [0.717, 1.165) is 18.2 Å². The molecular weight excluding hydrogens is 229 g/mol. The smallest absolute Gasteiger partial charge is 0.149 e. The summed E-state index contributed by atoms with van der Waals surface area (Å²) in [6.07, 6.45) is 0.115. The van der Waals surface area contributed by atoms with Crippen LogP contribution in [0.15, 0.2) is 47.9 Å². The maximum atomic E-state index is 13.9. The minimum absolute atomic E-state index is 0.0301. The molecule has 1 aliphatic carbocycles. The van der Waals surface area contributed by atoms with Crippen LogP contribution in [0.25, 0.3) is 0 Å². The summed E-state index contributed by atoms with van der Waals surface area (Å²) in [5, 5.41) is 0. The van der Waals surface area contributed by atoms with Crippen LogP contribution in [0, 0.1) is 5.82 Å². The molecule has 0 radical (unpaired) electrons. The summed E-state index contributed by atoms with van der Waals surface area (Å²) in [4.78, 5) is 0. The van der Waals surface area contributed by atoms with Crippen LogP contribution in [0.3, 0.4) is 0 Å². The second-order valence-corrected chi connectivity index (χ2v) is 3.94. The zero-order chi connectivity index (χ0) is 12.6. The van der Waals surface area contributed by atoms with Gasteiger partial charge < -0.3 is 11.5 Å². The van der Waals surface area contributed by atoms with E-state index in [0.29, 0.717) is 0 Å². The largest absolute Gasteiger partial charge is 0.399 e. The van der Waals surface area contributed by atoms with Gasteiger partial charge in [-0.2, -0.15) is 0 Å². The average Bonchev–Trinajstić information content (AvgIpc) is 2.25. The number of alkyl halides is 1. The van der Waals surface area contributed by atoms with E-state index in [1.54, 1.807) is 0 Å². The van der Waals surface area contributed by atoms with E-state index in [1.807, 2.05) is 0 Å². The quantitative estimate of drug-likeness (QED) is 0.789. The molecule has 2 unspecified atom stereocenters. The number of hydrogen-bond acceptors (Lipinski definition) is 2. The highest BCUT2D eigenvalue weighted by molar-refractivity contribution is 5.42. The van der Waals surface area contributed by atoms with E-state index in [1.165, 1.54) is 18.2 Å². The second-order valence-electron chi connectivity index (χ2n) is 3.94. The average molecular weight is 240 g/mol. The van der Waals surface area contributed by atoms with Crippen molar-refractivity contribution in [3.63, 3.8) is 0 Å². The maximum absolute atomic E-state index is 13.9. The van der Waals surface area contributed by atoms with Gasteiger partial charge in [0.1, 0.15) is 23.4 Å². The van der Waals surface area contributed by atoms with Crippen LogP contribution in [0.2, 0.25) is 0 Å². The van der Waals surface area contributed by atoms with Crippen LogP contribution in [0.4, 0.5) is 13.2 Å². The molecule has 2 atom stereocenters. The van der Waals surface area contributed by atoms with Crippen molar-refractivity contribution >= 4 is 0 Å². The van der Waals surface area contributed by atoms with Gasteiger partial charge in [0.05, 0.1) is 0 Å². The molecule has 0 bridgehead atoms. The molecule has 1 aliphatic rings. The lowest BCUT2D eigenvalue weighted by atomic mass is 9.81. The Bertz CT molecular complexity index is 510. The summed E-state index contributed by atoms with van der Waals surface area (Å²) >= 11 is 0. The second kappa shape index (κ2) is 3.92. The lowest BCUT2D eigenvalue weighted by molar-refractivity contribution is 0.233. The Labute approximate surface area is 96.4 Å². The molecule has 5 heteroatoms. The van der Waals surface area contributed by atoms with E-state index in [4.69, 9.17) is 11.5 Å². The number of rotatable bonds is 1. The van der Waals surface area contributed by atoms with Crippen molar-refractivity contribution < 1.29 is 13.2 Å². The van der Waals surface area contributed by atoms with Gasteiger partial charge in [-0.05, 0) is 29.8 Å². The van der Waals surface area contributed by atoms with Crippen LogP contribution < -0.4 is 11.5 Å². The predicted octanol–water partition coefficient (Wildman–Crippen LogP) is 2.03. The molecule has 0 spiro atoms. The molecule has 17 heavy (non-hydrogen) atoms. The van der Waals surface area contributed by atoms with Crippen molar-refractivity contribution in [2.24, 2.45) is 11.5 Å². The SMILES string of the molecule is NC1=CC(F)C(N)(c2cccc(F)c2)C(F)=C1. The van der Waals surface area contributed by atoms with Crippen LogP contribution in [0.1, 0.15) is 5.56 Å². The summed E-state index contributed by atoms with van der Waals surface area (Å²) in [6.45, 7) is 0. The third kappa shape index (κ3) is 1.82. The normalized spacial score (nSPS) is 28.6. The topological polar surface area (TPSA) is 52.0 Å². The maximum Gasteiger partial charge on any atom is 0.149 e. The molecule has 0 fully saturated rings. The molecule has 0 saturated carbocycles. The number of nitrogens with two attached hydrogens (primary N) is 2. The summed E-state index contributed by atoms with van der Waals surface area (Å²) in [5.41, 5.74) is 9.02. The molecule has 0 aromatic heterocycles. The van der Waals surface area contributed by atoms with Crippen LogP contribution in [-0.4, -0.2) is 6.17 Å².